The zero-order valence-corrected chi connectivity index (χ0v) is 37.1. The van der Waals surface area contributed by atoms with Gasteiger partial charge in [0.1, 0.15) is 30.0 Å². The summed E-state index contributed by atoms with van der Waals surface area (Å²) in [6, 6.07) is 22.9. The van der Waals surface area contributed by atoms with Gasteiger partial charge in [0, 0.05) is 44.6 Å². The molecule has 0 aromatic heterocycles. The zero-order valence-electron chi connectivity index (χ0n) is 37.1. The molecule has 3 N–H and O–H groups in total. The summed E-state index contributed by atoms with van der Waals surface area (Å²) in [6.45, 7) is 8.99. The third-order valence-electron chi connectivity index (χ3n) is 13.8. The van der Waals surface area contributed by atoms with Gasteiger partial charge in [0.2, 0.25) is 6.10 Å². The Balaban J connectivity index is 1.42. The van der Waals surface area contributed by atoms with Crippen molar-refractivity contribution >= 4 is 41.5 Å². The molecule has 1 amide bonds. The predicted octanol–water partition coefficient (Wildman–Crippen LogP) is 4.31. The summed E-state index contributed by atoms with van der Waals surface area (Å²) in [5.41, 5.74) is -7.20. The molecule has 2 bridgehead atoms. The van der Waals surface area contributed by atoms with Crippen LogP contribution in [-0.4, -0.2) is 106 Å². The van der Waals surface area contributed by atoms with Crippen LogP contribution in [-0.2, 0) is 52.4 Å². The number of Topliss-reactive ketones (excluding diaryl/α,β-unsaturated/α-hetero) is 1. The highest BCUT2D eigenvalue weighted by molar-refractivity contribution is 5.96. The first-order chi connectivity index (χ1) is 30.7. The standard InChI is InChI=1S/C49H53NO15/c1-26-33(63-45(58)39(62-28(3)52)37(30-17-11-8-12-18-30)50-43(56)31-19-13-9-14-20-31)24-49(59)42(64-44(57)32-21-15-10-16-22-32)40-47(7,34(54)23-35-48(40,25-60-35)65-29(4)53)41(55)38(61-27(2)51)36(26)46(49,5)6/h8-22,33-35,37-40,42,54,59H,23-25H2,1-7H3,(H,50,56)/t33-,34-,35-,37+,38-,39-,40+,42+,47-,48+,49-/m1/s1. The minimum atomic E-state index is -2.43. The van der Waals surface area contributed by atoms with Gasteiger partial charge in [-0.3, -0.25) is 24.0 Å². The summed E-state index contributed by atoms with van der Waals surface area (Å²) in [5.74, 6) is -7.79. The second-order valence-corrected chi connectivity index (χ2v) is 17.9. The Labute approximate surface area is 375 Å². The van der Waals surface area contributed by atoms with Gasteiger partial charge in [0.15, 0.2) is 17.5 Å². The molecular weight excluding hydrogens is 843 g/mol. The molecule has 3 aliphatic carbocycles. The van der Waals surface area contributed by atoms with Crippen LogP contribution >= 0.6 is 0 Å². The zero-order chi connectivity index (χ0) is 47.2. The Kier molecular flexibility index (Phi) is 12.7. The molecule has 3 aromatic rings. The molecule has 0 spiro atoms. The summed E-state index contributed by atoms with van der Waals surface area (Å²) in [4.78, 5) is 97.4. The van der Waals surface area contributed by atoms with Crippen LogP contribution in [0, 0.1) is 16.7 Å². The third-order valence-corrected chi connectivity index (χ3v) is 13.8. The van der Waals surface area contributed by atoms with Crippen LogP contribution in [0.4, 0.5) is 0 Å². The first kappa shape index (κ1) is 46.8. The predicted molar refractivity (Wildman–Crippen MR) is 227 cm³/mol. The van der Waals surface area contributed by atoms with E-state index >= 15 is 4.79 Å². The van der Waals surface area contributed by atoms with Gasteiger partial charge in [0.05, 0.1) is 29.6 Å². The summed E-state index contributed by atoms with van der Waals surface area (Å²) < 4.78 is 36.2. The van der Waals surface area contributed by atoms with Crippen molar-refractivity contribution in [1.29, 1.82) is 0 Å². The van der Waals surface area contributed by atoms with E-state index in [9.17, 15) is 39.0 Å². The molecule has 0 unspecified atom stereocenters. The molecular formula is C49H53NO15. The van der Waals surface area contributed by atoms with Gasteiger partial charge in [-0.25, -0.2) is 9.59 Å². The second kappa shape index (κ2) is 17.6. The number of ketones is 1. The lowest BCUT2D eigenvalue weighted by molar-refractivity contribution is -0.346. The van der Waals surface area contributed by atoms with Crippen LogP contribution in [0.2, 0.25) is 0 Å². The number of esters is 5. The quantitative estimate of drug-likeness (QED) is 0.139. The SMILES string of the molecule is CC(=O)O[C@H]1C(=O)[C@]2(C)[C@H](O)C[C@H]3OC[C@@]3(OC(C)=O)[C@H]2[C@H](OC(=O)c2ccccc2)[C@]2(O)C[C@@H](OC(=O)[C@H](OC(C)=O)[C@@H](NC(=O)c3ccccc3)c3ccccc3)C(C)=C1C2(C)C. The van der Waals surface area contributed by atoms with E-state index in [-0.39, 0.29) is 35.3 Å². The highest BCUT2D eigenvalue weighted by Crippen LogP contribution is 2.64. The lowest BCUT2D eigenvalue weighted by Crippen LogP contribution is -2.82. The molecule has 65 heavy (non-hydrogen) atoms. The van der Waals surface area contributed by atoms with Gasteiger partial charge < -0.3 is 44.0 Å². The maximum Gasteiger partial charge on any atom is 0.350 e. The van der Waals surface area contributed by atoms with Crippen molar-refractivity contribution in [2.45, 2.75) is 115 Å². The molecule has 1 heterocycles. The van der Waals surface area contributed by atoms with E-state index in [1.54, 1.807) is 92.7 Å². The minimum Gasteiger partial charge on any atom is -0.455 e. The van der Waals surface area contributed by atoms with E-state index in [2.05, 4.69) is 5.32 Å². The summed E-state index contributed by atoms with van der Waals surface area (Å²) in [7, 11) is 0. The van der Waals surface area contributed by atoms with Gasteiger partial charge >= 0.3 is 29.8 Å². The fourth-order valence-electron chi connectivity index (χ4n) is 10.5. The smallest absolute Gasteiger partial charge is 0.350 e. The number of amides is 1. The molecule has 2 saturated carbocycles. The molecule has 1 saturated heterocycles. The highest BCUT2D eigenvalue weighted by atomic mass is 16.6. The first-order valence-corrected chi connectivity index (χ1v) is 21.4. The van der Waals surface area contributed by atoms with Gasteiger partial charge in [-0.15, -0.1) is 0 Å². The second-order valence-electron chi connectivity index (χ2n) is 17.9. The van der Waals surface area contributed by atoms with E-state index < -0.39 is 119 Å². The number of rotatable bonds is 11. The van der Waals surface area contributed by atoms with Gasteiger partial charge in [-0.05, 0) is 54.8 Å². The number of aliphatic hydroxyl groups is 2. The lowest BCUT2D eigenvalue weighted by atomic mass is 9.44. The fraction of sp³-hybridized carbons (Fsp3) is 0.449. The van der Waals surface area contributed by atoms with Crippen molar-refractivity contribution in [2.24, 2.45) is 16.7 Å². The van der Waals surface area contributed by atoms with Crippen LogP contribution in [0.25, 0.3) is 0 Å². The number of ether oxygens (including phenoxy) is 6. The van der Waals surface area contributed by atoms with Crippen molar-refractivity contribution in [2.75, 3.05) is 6.61 Å². The van der Waals surface area contributed by atoms with E-state index in [1.165, 1.54) is 26.0 Å². The van der Waals surface area contributed by atoms with E-state index in [1.807, 2.05) is 0 Å². The molecule has 11 atom stereocenters. The average Bonchev–Trinajstić information content (AvgIpc) is 3.26. The van der Waals surface area contributed by atoms with E-state index in [0.717, 1.165) is 20.8 Å². The molecule has 3 aromatic carbocycles. The molecule has 16 heteroatoms. The number of hydrogen-bond acceptors (Lipinski definition) is 15. The van der Waals surface area contributed by atoms with E-state index in [4.69, 9.17) is 28.4 Å². The molecule has 7 rings (SSSR count). The summed E-state index contributed by atoms with van der Waals surface area (Å²) in [5, 5.41) is 28.7. The number of aliphatic hydroxyl groups excluding tert-OH is 1. The van der Waals surface area contributed by atoms with E-state index in [0.29, 0.717) is 5.56 Å². The minimum absolute atomic E-state index is 0.0218. The molecule has 4 aliphatic rings. The van der Waals surface area contributed by atoms with Crippen molar-refractivity contribution in [3.63, 3.8) is 0 Å². The number of carbonyl (C=O) groups excluding carboxylic acids is 7. The van der Waals surface area contributed by atoms with Crippen LogP contribution in [0.3, 0.4) is 0 Å². The number of carbonyl (C=O) groups is 7. The lowest BCUT2D eigenvalue weighted by Gasteiger charge is -2.67. The maximum atomic E-state index is 15.6. The molecule has 1 aliphatic heterocycles. The number of fused-ring (bicyclic) bond motifs is 5. The normalized spacial score (nSPS) is 30.8. The third kappa shape index (κ3) is 8.12. The number of hydrogen-bond donors (Lipinski definition) is 3. The largest absolute Gasteiger partial charge is 0.455 e. The Morgan fingerprint density at radius 2 is 1.37 bits per heavy atom. The Bertz CT molecular complexity index is 2400. The van der Waals surface area contributed by atoms with Crippen LogP contribution < -0.4 is 5.32 Å². The Morgan fingerprint density at radius 3 is 1.91 bits per heavy atom. The maximum absolute atomic E-state index is 15.6. The Morgan fingerprint density at radius 1 is 0.785 bits per heavy atom. The monoisotopic (exact) mass is 895 g/mol. The number of benzene rings is 3. The van der Waals surface area contributed by atoms with Crippen molar-refractivity contribution in [3.05, 3.63) is 119 Å². The summed E-state index contributed by atoms with van der Waals surface area (Å²) >= 11 is 0. The first-order valence-electron chi connectivity index (χ1n) is 21.4. The molecule has 344 valence electrons. The van der Waals surface area contributed by atoms with Crippen LogP contribution in [0.1, 0.15) is 93.6 Å². The topological polar surface area (TPSA) is 227 Å². The summed E-state index contributed by atoms with van der Waals surface area (Å²) in [6.07, 6.45) is -10.5. The van der Waals surface area contributed by atoms with Crippen molar-refractivity contribution < 1.29 is 72.2 Å². The van der Waals surface area contributed by atoms with Crippen LogP contribution in [0.5, 0.6) is 0 Å². The number of nitrogens with one attached hydrogen (secondary N) is 1. The Hall–Kier alpha value is -6.23. The average molecular weight is 896 g/mol. The molecule has 0 radical (unpaired) electrons. The van der Waals surface area contributed by atoms with Gasteiger partial charge in [-0.1, -0.05) is 80.6 Å². The molecule has 3 fully saturated rings. The van der Waals surface area contributed by atoms with Crippen LogP contribution in [0.15, 0.2) is 102 Å². The van der Waals surface area contributed by atoms with Crippen molar-refractivity contribution in [3.8, 4) is 0 Å². The highest BCUT2D eigenvalue weighted by Gasteiger charge is 2.78. The van der Waals surface area contributed by atoms with Gasteiger partial charge in [-0.2, -0.15) is 0 Å². The van der Waals surface area contributed by atoms with Crippen molar-refractivity contribution in [1.82, 2.24) is 5.32 Å². The fourth-order valence-corrected chi connectivity index (χ4v) is 10.5. The molecule has 16 nitrogen and oxygen atoms in total. The van der Waals surface area contributed by atoms with Gasteiger partial charge in [0.25, 0.3) is 5.91 Å².